The van der Waals surface area contributed by atoms with E-state index in [2.05, 4.69) is 15.2 Å². The summed E-state index contributed by atoms with van der Waals surface area (Å²) in [4.78, 5) is 17.2. The van der Waals surface area contributed by atoms with E-state index in [4.69, 9.17) is 24.3 Å². The van der Waals surface area contributed by atoms with Crippen LogP contribution < -0.4 is 15.3 Å². The van der Waals surface area contributed by atoms with Gasteiger partial charge in [0.1, 0.15) is 47.5 Å². The molecule has 1 saturated carbocycles. The molecule has 0 amide bonds. The molecule has 5 N–H and O–H groups in total. The van der Waals surface area contributed by atoms with Gasteiger partial charge in [0.15, 0.2) is 5.82 Å². The number of aliphatic hydroxyl groups excluding tert-OH is 2. The van der Waals surface area contributed by atoms with Crippen LogP contribution >= 0.6 is 7.75 Å². The Hall–Kier alpha value is -3.06. The van der Waals surface area contributed by atoms with Crippen molar-refractivity contribution in [3.05, 3.63) is 54.5 Å². The number of nitrogens with zero attached hydrogens (tertiary/aromatic N) is 3. The van der Waals surface area contributed by atoms with Gasteiger partial charge in [-0.15, -0.1) is 0 Å². The summed E-state index contributed by atoms with van der Waals surface area (Å²) in [5.74, 6) is 0.498. The minimum Gasteiger partial charge on any atom is -0.464 e. The van der Waals surface area contributed by atoms with Crippen LogP contribution in [0.25, 0.3) is 5.52 Å². The van der Waals surface area contributed by atoms with Gasteiger partial charge in [-0.05, 0) is 49.4 Å². The summed E-state index contributed by atoms with van der Waals surface area (Å²) in [7, 11) is -4.27. The molecule has 1 aliphatic heterocycles. The molecule has 5 rings (SSSR count). The number of rotatable bonds is 15. The molecule has 13 nitrogen and oxygen atoms in total. The van der Waals surface area contributed by atoms with Crippen LogP contribution in [0.1, 0.15) is 64.7 Å². The SMILES string of the molecule is CCC(CC)COC(=O)[C@H](CC1CC1)NP(=O)(OC[C@@]1(C)O[C@@H](c2ccc3c(N)ncnn23)[C@H](O)[C@@H]1O)Oc1ccccc1. The van der Waals surface area contributed by atoms with Crippen molar-refractivity contribution in [2.24, 2.45) is 11.8 Å². The first-order valence-electron chi connectivity index (χ1n) is 15.1. The zero-order chi connectivity index (χ0) is 31.5. The highest BCUT2D eigenvalue weighted by Crippen LogP contribution is 2.49. The Morgan fingerprint density at radius 3 is 2.61 bits per heavy atom. The first-order valence-corrected chi connectivity index (χ1v) is 16.7. The van der Waals surface area contributed by atoms with E-state index in [0.29, 0.717) is 23.5 Å². The van der Waals surface area contributed by atoms with Crippen LogP contribution in [-0.4, -0.2) is 67.8 Å². The lowest BCUT2D eigenvalue weighted by Crippen LogP contribution is -2.45. The van der Waals surface area contributed by atoms with Crippen molar-refractivity contribution in [3.8, 4) is 5.75 Å². The zero-order valence-corrected chi connectivity index (χ0v) is 26.1. The van der Waals surface area contributed by atoms with Crippen molar-refractivity contribution < 1.29 is 38.1 Å². The molecular weight excluding hydrogens is 589 g/mol. The van der Waals surface area contributed by atoms with E-state index in [1.54, 1.807) is 49.4 Å². The van der Waals surface area contributed by atoms with Crippen molar-refractivity contribution in [3.63, 3.8) is 0 Å². The summed E-state index contributed by atoms with van der Waals surface area (Å²) < 4.78 is 39.5. The Morgan fingerprint density at radius 1 is 1.20 bits per heavy atom. The van der Waals surface area contributed by atoms with Crippen molar-refractivity contribution in [1.29, 1.82) is 0 Å². The Kier molecular flexibility index (Phi) is 9.93. The standard InChI is InChI=1S/C30H42N5O8P/c1-4-19(5-2)16-40-29(38)22(15-20-11-12-20)34-44(39,43-21-9-7-6-8-10-21)41-17-30(3)27(37)25(36)26(42-30)23-13-14-24-28(31)32-18-33-35(23)24/h6-10,13-14,18-20,22,25-27,36-37H,4-5,11-12,15-17H2,1-3H3,(H,34,39)(H2,31,32,33)/t22-,25-,26-,27-,30+,44?/m0/s1. The van der Waals surface area contributed by atoms with Crippen LogP contribution in [0, 0.1) is 11.8 Å². The van der Waals surface area contributed by atoms with Gasteiger partial charge in [0.25, 0.3) is 0 Å². The van der Waals surface area contributed by atoms with Gasteiger partial charge in [-0.2, -0.15) is 10.2 Å². The van der Waals surface area contributed by atoms with Crippen molar-refractivity contribution in [2.45, 2.75) is 82.8 Å². The van der Waals surface area contributed by atoms with Gasteiger partial charge in [-0.25, -0.2) is 14.1 Å². The second-order valence-corrected chi connectivity index (χ2v) is 13.5. The molecule has 2 aliphatic rings. The average molecular weight is 632 g/mol. The molecule has 3 heterocycles. The van der Waals surface area contributed by atoms with Gasteiger partial charge < -0.3 is 29.9 Å². The highest BCUT2D eigenvalue weighted by Gasteiger charge is 2.54. The van der Waals surface area contributed by atoms with E-state index in [1.807, 2.05) is 13.8 Å². The molecule has 0 spiro atoms. The van der Waals surface area contributed by atoms with Crippen LogP contribution in [0.3, 0.4) is 0 Å². The van der Waals surface area contributed by atoms with Crippen LogP contribution in [0.15, 0.2) is 48.8 Å². The van der Waals surface area contributed by atoms with E-state index < -0.39 is 50.3 Å². The van der Waals surface area contributed by atoms with E-state index in [0.717, 1.165) is 25.7 Å². The van der Waals surface area contributed by atoms with Crippen LogP contribution in [0.5, 0.6) is 5.75 Å². The molecule has 2 aromatic heterocycles. The van der Waals surface area contributed by atoms with E-state index in [9.17, 15) is 19.6 Å². The number of aliphatic hydroxyl groups is 2. The lowest BCUT2D eigenvalue weighted by Gasteiger charge is -2.31. The number of hydrogen-bond acceptors (Lipinski definition) is 11. The lowest BCUT2D eigenvalue weighted by atomic mass is 9.97. The minimum atomic E-state index is -4.27. The van der Waals surface area contributed by atoms with Gasteiger partial charge in [0.2, 0.25) is 0 Å². The second-order valence-electron chi connectivity index (χ2n) is 11.8. The number of hydrogen-bond donors (Lipinski definition) is 4. The molecule has 240 valence electrons. The number of aromatic nitrogens is 3. The number of ether oxygens (including phenoxy) is 2. The van der Waals surface area contributed by atoms with Gasteiger partial charge in [-0.1, -0.05) is 57.7 Å². The number of para-hydroxylation sites is 1. The van der Waals surface area contributed by atoms with Gasteiger partial charge in [-0.3, -0.25) is 9.32 Å². The third-order valence-corrected chi connectivity index (χ3v) is 9.98. The first-order chi connectivity index (χ1) is 21.1. The molecule has 14 heteroatoms. The molecule has 3 aromatic rings. The number of fused-ring (bicyclic) bond motifs is 1. The lowest BCUT2D eigenvalue weighted by molar-refractivity contribution is -0.147. The molecule has 0 radical (unpaired) electrons. The summed E-state index contributed by atoms with van der Waals surface area (Å²) in [5, 5.41) is 29.2. The van der Waals surface area contributed by atoms with Crippen molar-refractivity contribution in [2.75, 3.05) is 18.9 Å². The van der Waals surface area contributed by atoms with Crippen LogP contribution in [0.2, 0.25) is 0 Å². The quantitative estimate of drug-likeness (QED) is 0.141. The van der Waals surface area contributed by atoms with Gasteiger partial charge >= 0.3 is 13.7 Å². The fourth-order valence-electron chi connectivity index (χ4n) is 5.33. The fraction of sp³-hybridized carbons (Fsp3) is 0.567. The maximum absolute atomic E-state index is 14.4. The highest BCUT2D eigenvalue weighted by molar-refractivity contribution is 7.52. The number of anilines is 1. The molecule has 1 aromatic carbocycles. The maximum atomic E-state index is 14.4. The first kappa shape index (κ1) is 32.3. The molecule has 0 bridgehead atoms. The number of esters is 1. The van der Waals surface area contributed by atoms with Crippen molar-refractivity contribution in [1.82, 2.24) is 19.7 Å². The van der Waals surface area contributed by atoms with Gasteiger partial charge in [0.05, 0.1) is 18.9 Å². The van der Waals surface area contributed by atoms with E-state index in [-0.39, 0.29) is 24.1 Å². The molecule has 1 unspecified atom stereocenters. The Morgan fingerprint density at radius 2 is 1.93 bits per heavy atom. The Labute approximate surface area is 256 Å². The van der Waals surface area contributed by atoms with E-state index >= 15 is 0 Å². The number of benzene rings is 1. The molecule has 2 fully saturated rings. The monoisotopic (exact) mass is 631 g/mol. The highest BCUT2D eigenvalue weighted by atomic mass is 31.2. The number of nitrogens with two attached hydrogens (primary N) is 1. The predicted octanol–water partition coefficient (Wildman–Crippen LogP) is 3.80. The topological polar surface area (TPSA) is 180 Å². The summed E-state index contributed by atoms with van der Waals surface area (Å²) in [6.45, 7) is 5.45. The fourth-order valence-corrected chi connectivity index (χ4v) is 6.93. The van der Waals surface area contributed by atoms with Crippen molar-refractivity contribution >= 4 is 25.1 Å². The molecule has 44 heavy (non-hydrogen) atoms. The Balaban J connectivity index is 1.36. The minimum absolute atomic E-state index is 0.227. The molecule has 1 aliphatic carbocycles. The third-order valence-electron chi connectivity index (χ3n) is 8.43. The second kappa shape index (κ2) is 13.5. The maximum Gasteiger partial charge on any atom is 0.459 e. The summed E-state index contributed by atoms with van der Waals surface area (Å²) in [6.07, 6.45) is 1.54. The number of nitrogens with one attached hydrogen (secondary N) is 1. The Bertz CT molecular complexity index is 1470. The largest absolute Gasteiger partial charge is 0.464 e. The third kappa shape index (κ3) is 7.25. The summed E-state index contributed by atoms with van der Waals surface area (Å²) in [6, 6.07) is 10.9. The number of carbonyl (C=O) groups excluding carboxylic acids is 1. The predicted molar refractivity (Wildman–Crippen MR) is 162 cm³/mol. The van der Waals surface area contributed by atoms with Crippen LogP contribution in [-0.2, 0) is 23.4 Å². The smallest absolute Gasteiger partial charge is 0.459 e. The van der Waals surface area contributed by atoms with E-state index in [1.165, 1.54) is 10.8 Å². The normalized spacial score (nSPS) is 25.6. The number of carbonyl (C=O) groups is 1. The summed E-state index contributed by atoms with van der Waals surface area (Å²) in [5.41, 5.74) is 5.39. The molecule has 1 saturated heterocycles. The molecule has 6 atom stereocenters. The zero-order valence-electron chi connectivity index (χ0n) is 25.2. The summed E-state index contributed by atoms with van der Waals surface area (Å²) >= 11 is 0. The van der Waals surface area contributed by atoms with Gasteiger partial charge in [0, 0.05) is 0 Å². The number of nitrogen functional groups attached to an aromatic ring is 1. The molecular formula is C30H42N5O8P. The average Bonchev–Trinajstić information content (AvgIpc) is 3.68. The van der Waals surface area contributed by atoms with Crippen LogP contribution in [0.4, 0.5) is 5.82 Å².